The molecule has 1 atom stereocenters. The van der Waals surface area contributed by atoms with E-state index in [0.717, 1.165) is 29.7 Å². The lowest BCUT2D eigenvalue weighted by atomic mass is 10.1. The maximum Gasteiger partial charge on any atom is 0.222 e. The fourth-order valence-electron chi connectivity index (χ4n) is 3.55. The van der Waals surface area contributed by atoms with Crippen LogP contribution in [-0.2, 0) is 17.9 Å². The minimum absolute atomic E-state index is 0.135. The fourth-order valence-corrected chi connectivity index (χ4v) is 3.55. The fraction of sp³-hybridized carbons (Fsp3) is 0.391. The average Bonchev–Trinajstić information content (AvgIpc) is 3.15. The number of rotatable bonds is 7. The first-order valence-electron chi connectivity index (χ1n) is 10.2. The van der Waals surface area contributed by atoms with Crippen LogP contribution in [0, 0.1) is 5.82 Å². The molecule has 0 saturated carbocycles. The minimum Gasteiger partial charge on any atom is -0.494 e. The highest BCUT2D eigenvalue weighted by molar-refractivity contribution is 5.80. The second-order valence-corrected chi connectivity index (χ2v) is 7.42. The smallest absolute Gasteiger partial charge is 0.222 e. The first-order valence-corrected chi connectivity index (χ1v) is 10.2. The first-order chi connectivity index (χ1) is 14.5. The first kappa shape index (κ1) is 21.6. The largest absolute Gasteiger partial charge is 0.494 e. The van der Waals surface area contributed by atoms with Crippen LogP contribution >= 0.6 is 0 Å². The molecule has 1 saturated heterocycles. The highest BCUT2D eigenvalue weighted by Crippen LogP contribution is 2.21. The van der Waals surface area contributed by atoms with Crippen LogP contribution in [0.4, 0.5) is 4.39 Å². The molecule has 6 nitrogen and oxygen atoms in total. The number of nitrogens with zero attached hydrogens (tertiary/aromatic N) is 2. The molecule has 0 aliphatic carbocycles. The van der Waals surface area contributed by atoms with Gasteiger partial charge in [-0.05, 0) is 42.2 Å². The summed E-state index contributed by atoms with van der Waals surface area (Å²) in [6, 6.07) is 13.0. The molecule has 0 bridgehead atoms. The van der Waals surface area contributed by atoms with Gasteiger partial charge in [0.2, 0.25) is 5.91 Å². The molecule has 2 N–H and O–H groups in total. The van der Waals surface area contributed by atoms with Crippen LogP contribution in [0.1, 0.15) is 42.5 Å². The molecule has 1 aliphatic heterocycles. The topological polar surface area (TPSA) is 66.0 Å². The molecule has 30 heavy (non-hydrogen) atoms. The molecular weight excluding hydrogens is 383 g/mol. The normalized spacial score (nSPS) is 15.3. The number of amides is 1. The summed E-state index contributed by atoms with van der Waals surface area (Å²) in [7, 11) is 3.15. The van der Waals surface area contributed by atoms with Crippen molar-refractivity contribution >= 4 is 11.9 Å². The molecule has 160 valence electrons. The predicted octanol–water partition coefficient (Wildman–Crippen LogP) is 3.38. The Morgan fingerprint density at radius 3 is 2.73 bits per heavy atom. The number of carbonyl (C=O) groups is 1. The van der Waals surface area contributed by atoms with Gasteiger partial charge in [-0.3, -0.25) is 9.79 Å². The van der Waals surface area contributed by atoms with Crippen molar-refractivity contribution in [2.24, 2.45) is 4.99 Å². The van der Waals surface area contributed by atoms with Crippen molar-refractivity contribution in [1.82, 2.24) is 15.5 Å². The second kappa shape index (κ2) is 10.1. The molecular formula is C23H29FN4O2. The molecule has 1 fully saturated rings. The zero-order valence-corrected chi connectivity index (χ0v) is 17.7. The molecule has 2 aromatic rings. The van der Waals surface area contributed by atoms with E-state index in [9.17, 15) is 9.18 Å². The third kappa shape index (κ3) is 5.49. The summed E-state index contributed by atoms with van der Waals surface area (Å²) < 4.78 is 19.0. The number of ether oxygens (including phenoxy) is 1. The van der Waals surface area contributed by atoms with Gasteiger partial charge in [0.15, 0.2) is 17.5 Å². The van der Waals surface area contributed by atoms with Crippen LogP contribution in [0.5, 0.6) is 5.75 Å². The van der Waals surface area contributed by atoms with Gasteiger partial charge in [-0.25, -0.2) is 4.39 Å². The summed E-state index contributed by atoms with van der Waals surface area (Å²) in [4.78, 5) is 18.0. The molecule has 1 amide bonds. The lowest BCUT2D eigenvalue weighted by Gasteiger charge is -2.19. The van der Waals surface area contributed by atoms with Crippen LogP contribution < -0.4 is 15.4 Å². The number of aliphatic imine (C=N–C) groups is 1. The van der Waals surface area contributed by atoms with Gasteiger partial charge >= 0.3 is 0 Å². The third-order valence-corrected chi connectivity index (χ3v) is 5.25. The van der Waals surface area contributed by atoms with Crippen LogP contribution in [0.2, 0.25) is 0 Å². The molecule has 3 rings (SSSR count). The molecule has 1 heterocycles. The predicted molar refractivity (Wildman–Crippen MR) is 116 cm³/mol. The summed E-state index contributed by atoms with van der Waals surface area (Å²) in [6.07, 6.45) is 1.60. The van der Waals surface area contributed by atoms with Crippen LogP contribution in [0.3, 0.4) is 0 Å². The van der Waals surface area contributed by atoms with E-state index < -0.39 is 0 Å². The summed E-state index contributed by atoms with van der Waals surface area (Å²) in [6.45, 7) is 4.02. The lowest BCUT2D eigenvalue weighted by Crippen LogP contribution is -2.38. The van der Waals surface area contributed by atoms with Gasteiger partial charge < -0.3 is 20.3 Å². The summed E-state index contributed by atoms with van der Waals surface area (Å²) in [5, 5.41) is 6.57. The molecule has 2 aromatic carbocycles. The SMILES string of the molecule is CN=C(NCc1cccc(CN2CCCC2=O)c1)NC(C)c1ccc(OC)c(F)c1. The number of benzene rings is 2. The highest BCUT2D eigenvalue weighted by atomic mass is 19.1. The number of hydrogen-bond donors (Lipinski definition) is 2. The molecule has 0 spiro atoms. The number of nitrogens with one attached hydrogen (secondary N) is 2. The van der Waals surface area contributed by atoms with E-state index in [0.29, 0.717) is 25.5 Å². The lowest BCUT2D eigenvalue weighted by molar-refractivity contribution is -0.128. The maximum atomic E-state index is 14.0. The van der Waals surface area contributed by atoms with Gasteiger partial charge in [0, 0.05) is 33.1 Å². The van der Waals surface area contributed by atoms with Gasteiger partial charge in [0.25, 0.3) is 0 Å². The van der Waals surface area contributed by atoms with Crippen LogP contribution in [0.25, 0.3) is 0 Å². The van der Waals surface area contributed by atoms with Gasteiger partial charge in [-0.2, -0.15) is 0 Å². The Kier molecular flexibility index (Phi) is 7.27. The standard InChI is InChI=1S/C23H29FN4O2/c1-16(19-9-10-21(30-3)20(24)13-19)27-23(25-2)26-14-17-6-4-7-18(12-17)15-28-11-5-8-22(28)29/h4,6-7,9-10,12-13,16H,5,8,11,14-15H2,1-3H3,(H2,25,26,27). The van der Waals surface area contributed by atoms with E-state index >= 15 is 0 Å². The van der Waals surface area contributed by atoms with Crippen molar-refractivity contribution < 1.29 is 13.9 Å². The monoisotopic (exact) mass is 412 g/mol. The number of likely N-dealkylation sites (tertiary alicyclic amines) is 1. The summed E-state index contributed by atoms with van der Waals surface area (Å²) in [5.74, 6) is 0.690. The zero-order chi connectivity index (χ0) is 21.5. The number of methoxy groups -OCH3 is 1. The van der Waals surface area contributed by atoms with Crippen LogP contribution in [0.15, 0.2) is 47.5 Å². The van der Waals surface area contributed by atoms with E-state index in [1.54, 1.807) is 13.1 Å². The van der Waals surface area contributed by atoms with Crippen molar-refractivity contribution in [1.29, 1.82) is 0 Å². The summed E-state index contributed by atoms with van der Waals surface area (Å²) >= 11 is 0. The molecule has 1 unspecified atom stereocenters. The Morgan fingerprint density at radius 1 is 1.27 bits per heavy atom. The molecule has 0 radical (unpaired) electrons. The minimum atomic E-state index is -0.389. The average molecular weight is 413 g/mol. The Labute approximate surface area is 177 Å². The van der Waals surface area contributed by atoms with E-state index in [4.69, 9.17) is 4.74 Å². The van der Waals surface area contributed by atoms with Crippen molar-refractivity contribution in [3.63, 3.8) is 0 Å². The zero-order valence-electron chi connectivity index (χ0n) is 17.7. The Morgan fingerprint density at radius 2 is 2.07 bits per heavy atom. The van der Waals surface area contributed by atoms with E-state index in [2.05, 4.69) is 21.7 Å². The highest BCUT2D eigenvalue weighted by Gasteiger charge is 2.20. The van der Waals surface area contributed by atoms with E-state index in [1.165, 1.54) is 13.2 Å². The van der Waals surface area contributed by atoms with Crippen molar-refractivity contribution in [2.75, 3.05) is 20.7 Å². The Bertz CT molecular complexity index is 916. The van der Waals surface area contributed by atoms with E-state index in [1.807, 2.05) is 36.1 Å². The summed E-state index contributed by atoms with van der Waals surface area (Å²) in [5.41, 5.74) is 3.02. The van der Waals surface area contributed by atoms with Crippen molar-refractivity contribution in [3.05, 3.63) is 65.0 Å². The Hall–Kier alpha value is -3.09. The molecule has 1 aliphatic rings. The number of hydrogen-bond acceptors (Lipinski definition) is 3. The maximum absolute atomic E-state index is 14.0. The van der Waals surface area contributed by atoms with Gasteiger partial charge in [-0.1, -0.05) is 30.3 Å². The van der Waals surface area contributed by atoms with Gasteiger partial charge in [-0.15, -0.1) is 0 Å². The second-order valence-electron chi connectivity index (χ2n) is 7.42. The number of carbonyl (C=O) groups excluding carboxylic acids is 1. The Balaban J connectivity index is 1.57. The van der Waals surface area contributed by atoms with Crippen molar-refractivity contribution in [2.45, 2.75) is 38.9 Å². The van der Waals surface area contributed by atoms with Crippen LogP contribution in [-0.4, -0.2) is 37.5 Å². The van der Waals surface area contributed by atoms with E-state index in [-0.39, 0.29) is 23.5 Å². The molecule has 0 aromatic heterocycles. The molecule has 7 heteroatoms. The van der Waals surface area contributed by atoms with Crippen molar-refractivity contribution in [3.8, 4) is 5.75 Å². The quantitative estimate of drug-likeness (QED) is 0.541. The van der Waals surface area contributed by atoms with Gasteiger partial charge in [0.1, 0.15) is 0 Å². The van der Waals surface area contributed by atoms with Gasteiger partial charge in [0.05, 0.1) is 13.2 Å². The third-order valence-electron chi connectivity index (χ3n) is 5.25. The number of guanidine groups is 1. The number of halogens is 1.